The topological polar surface area (TPSA) is 105 Å². The first-order chi connectivity index (χ1) is 18.9. The molecule has 39 heavy (non-hydrogen) atoms. The highest BCUT2D eigenvalue weighted by Crippen LogP contribution is 2.18. The first-order valence-corrected chi connectivity index (χ1v) is 13.5. The maximum Gasteiger partial charge on any atom is 0.309 e. The normalized spacial score (nSPS) is 13.8. The number of hydrogen-bond donors (Lipinski definition) is 3. The van der Waals surface area contributed by atoms with Gasteiger partial charge in [0, 0.05) is 12.5 Å². The third-order valence-corrected chi connectivity index (χ3v) is 6.41. The van der Waals surface area contributed by atoms with E-state index in [0.717, 1.165) is 11.1 Å². The van der Waals surface area contributed by atoms with Gasteiger partial charge >= 0.3 is 5.97 Å². The van der Waals surface area contributed by atoms with Crippen LogP contribution in [0, 0.1) is 11.8 Å². The Hall–Kier alpha value is -3.71. The van der Waals surface area contributed by atoms with Gasteiger partial charge in [-0.15, -0.1) is 13.2 Å². The molecule has 0 unspecified atom stereocenters. The number of ether oxygens (including phenoxy) is 1. The van der Waals surface area contributed by atoms with Crippen LogP contribution in [0.5, 0.6) is 0 Å². The fourth-order valence-electron chi connectivity index (χ4n) is 4.28. The summed E-state index contributed by atoms with van der Waals surface area (Å²) in [6, 6.07) is 18.6. The molecule has 0 saturated carbocycles. The van der Waals surface area contributed by atoms with E-state index in [-0.39, 0.29) is 43.3 Å². The van der Waals surface area contributed by atoms with Gasteiger partial charge in [-0.1, -0.05) is 72.8 Å². The molecule has 2 aromatic carbocycles. The number of amides is 2. The molecule has 3 N–H and O–H groups in total. The summed E-state index contributed by atoms with van der Waals surface area (Å²) in [6.45, 7) is 9.01. The molecule has 2 aromatic rings. The van der Waals surface area contributed by atoms with Gasteiger partial charge in [0.2, 0.25) is 11.8 Å². The molecule has 0 bridgehead atoms. The first-order valence-electron chi connectivity index (χ1n) is 13.5. The predicted molar refractivity (Wildman–Crippen MR) is 154 cm³/mol. The number of aliphatic hydroxyl groups excluding tert-OH is 1. The van der Waals surface area contributed by atoms with Crippen LogP contribution in [-0.4, -0.2) is 48.2 Å². The summed E-state index contributed by atoms with van der Waals surface area (Å²) in [5.74, 6) is -1.92. The Balaban J connectivity index is 2.11. The Morgan fingerprint density at radius 2 is 1.51 bits per heavy atom. The van der Waals surface area contributed by atoms with E-state index in [0.29, 0.717) is 32.1 Å². The van der Waals surface area contributed by atoms with Crippen molar-refractivity contribution >= 4 is 17.8 Å². The van der Waals surface area contributed by atoms with Crippen molar-refractivity contribution in [2.75, 3.05) is 13.2 Å². The van der Waals surface area contributed by atoms with Crippen LogP contribution in [0.15, 0.2) is 86.0 Å². The summed E-state index contributed by atoms with van der Waals surface area (Å²) < 4.78 is 5.78. The molecular formula is C32H42N2O5. The summed E-state index contributed by atoms with van der Waals surface area (Å²) in [6.07, 6.45) is 6.00. The zero-order chi connectivity index (χ0) is 28.5. The Bertz CT molecular complexity index is 1040. The van der Waals surface area contributed by atoms with Crippen molar-refractivity contribution in [3.63, 3.8) is 0 Å². The molecule has 0 spiro atoms. The van der Waals surface area contributed by atoms with E-state index in [1.807, 2.05) is 60.7 Å². The Morgan fingerprint density at radius 3 is 2.08 bits per heavy atom. The largest absolute Gasteiger partial charge is 0.463 e. The fourth-order valence-corrected chi connectivity index (χ4v) is 4.28. The summed E-state index contributed by atoms with van der Waals surface area (Å²) in [4.78, 5) is 38.8. The standard InChI is InChI=1S/C32H42N2O5/c1-4-6-18-28(19-25-14-9-7-10-15-25)32(38)39-23-29(20-26-16-11-8-12-17-26)34-31(37)27(13-5-2)21-30(36)33-24(3)22-35/h4-5,7-12,14-17,24,27-29,35H,1-2,6,13,18-23H2,3H3,(H,33,36)(H,34,37)/t24-,27-,28-,29+/m1/s1. The number of carbonyl (C=O) groups is 3. The second-order valence-corrected chi connectivity index (χ2v) is 9.85. The lowest BCUT2D eigenvalue weighted by Gasteiger charge is -2.24. The third-order valence-electron chi connectivity index (χ3n) is 6.41. The van der Waals surface area contributed by atoms with E-state index in [2.05, 4.69) is 23.8 Å². The molecule has 4 atom stereocenters. The van der Waals surface area contributed by atoms with Gasteiger partial charge in [-0.25, -0.2) is 0 Å². The number of rotatable bonds is 18. The molecule has 0 aliphatic heterocycles. The van der Waals surface area contributed by atoms with Crippen molar-refractivity contribution in [1.29, 1.82) is 0 Å². The van der Waals surface area contributed by atoms with Crippen molar-refractivity contribution in [1.82, 2.24) is 10.6 Å². The summed E-state index contributed by atoms with van der Waals surface area (Å²) >= 11 is 0. The molecule has 2 rings (SSSR count). The number of aliphatic hydroxyl groups is 1. The Kier molecular flexibility index (Phi) is 14.3. The summed E-state index contributed by atoms with van der Waals surface area (Å²) in [5, 5.41) is 14.9. The van der Waals surface area contributed by atoms with Crippen LogP contribution in [0.1, 0.15) is 43.7 Å². The van der Waals surface area contributed by atoms with Crippen molar-refractivity contribution in [3.8, 4) is 0 Å². The van der Waals surface area contributed by atoms with E-state index in [1.54, 1.807) is 19.1 Å². The van der Waals surface area contributed by atoms with Gasteiger partial charge in [0.1, 0.15) is 6.61 Å². The fraction of sp³-hybridized carbons (Fsp3) is 0.406. The number of allylic oxidation sites excluding steroid dienone is 2. The van der Waals surface area contributed by atoms with Gasteiger partial charge in [0.15, 0.2) is 0 Å². The minimum atomic E-state index is -0.638. The lowest BCUT2D eigenvalue weighted by molar-refractivity contribution is -0.150. The molecule has 7 heteroatoms. The SMILES string of the molecule is C=CCC[C@H](Cc1ccccc1)C(=O)OC[C@H](Cc1ccccc1)NC(=O)[C@H](CC=C)CC(=O)N[C@H](C)CO. The molecular weight excluding hydrogens is 492 g/mol. The van der Waals surface area contributed by atoms with E-state index < -0.39 is 18.0 Å². The molecule has 0 saturated heterocycles. The highest BCUT2D eigenvalue weighted by Gasteiger charge is 2.26. The third kappa shape index (κ3) is 12.1. The predicted octanol–water partition coefficient (Wildman–Crippen LogP) is 4.16. The number of benzene rings is 2. The molecule has 0 aliphatic rings. The highest BCUT2D eigenvalue weighted by molar-refractivity contribution is 5.86. The maximum absolute atomic E-state index is 13.2. The van der Waals surface area contributed by atoms with Crippen molar-refractivity contribution < 1.29 is 24.2 Å². The van der Waals surface area contributed by atoms with Crippen LogP contribution >= 0.6 is 0 Å². The second-order valence-electron chi connectivity index (χ2n) is 9.85. The zero-order valence-electron chi connectivity index (χ0n) is 22.9. The van der Waals surface area contributed by atoms with Crippen molar-refractivity contribution in [2.24, 2.45) is 11.8 Å². The average Bonchev–Trinajstić information content (AvgIpc) is 2.94. The molecule has 0 heterocycles. The minimum Gasteiger partial charge on any atom is -0.463 e. The molecule has 0 aliphatic carbocycles. The molecule has 0 radical (unpaired) electrons. The Morgan fingerprint density at radius 1 is 0.897 bits per heavy atom. The zero-order valence-corrected chi connectivity index (χ0v) is 22.9. The second kappa shape index (κ2) is 17.7. The number of esters is 1. The van der Waals surface area contributed by atoms with Crippen LogP contribution in [0.3, 0.4) is 0 Å². The van der Waals surface area contributed by atoms with Crippen molar-refractivity contribution in [2.45, 2.75) is 57.5 Å². The van der Waals surface area contributed by atoms with Gasteiger partial charge in [-0.2, -0.15) is 0 Å². The number of carbonyl (C=O) groups excluding carboxylic acids is 3. The van der Waals surface area contributed by atoms with Crippen LogP contribution < -0.4 is 10.6 Å². The number of hydrogen-bond acceptors (Lipinski definition) is 5. The van der Waals surface area contributed by atoms with Crippen LogP contribution in [0.4, 0.5) is 0 Å². The average molecular weight is 535 g/mol. The molecule has 0 aromatic heterocycles. The minimum absolute atomic E-state index is 0.00734. The molecule has 0 fully saturated rings. The van der Waals surface area contributed by atoms with Gasteiger partial charge in [0.05, 0.1) is 24.5 Å². The van der Waals surface area contributed by atoms with E-state index >= 15 is 0 Å². The Labute approximate surface area is 232 Å². The van der Waals surface area contributed by atoms with Gasteiger partial charge in [-0.05, 0) is 50.2 Å². The summed E-state index contributed by atoms with van der Waals surface area (Å²) in [5.41, 5.74) is 2.04. The van der Waals surface area contributed by atoms with Crippen molar-refractivity contribution in [3.05, 3.63) is 97.1 Å². The maximum atomic E-state index is 13.2. The molecule has 210 valence electrons. The smallest absolute Gasteiger partial charge is 0.309 e. The van der Waals surface area contributed by atoms with Gasteiger partial charge in [0.25, 0.3) is 0 Å². The van der Waals surface area contributed by atoms with Gasteiger partial charge < -0.3 is 20.5 Å². The number of nitrogens with one attached hydrogen (secondary N) is 2. The van der Waals surface area contributed by atoms with Gasteiger partial charge in [-0.3, -0.25) is 14.4 Å². The van der Waals surface area contributed by atoms with E-state index in [9.17, 15) is 19.5 Å². The quantitative estimate of drug-likeness (QED) is 0.197. The summed E-state index contributed by atoms with van der Waals surface area (Å²) in [7, 11) is 0. The molecule has 7 nitrogen and oxygen atoms in total. The van der Waals surface area contributed by atoms with Crippen LogP contribution in [0.2, 0.25) is 0 Å². The lowest BCUT2D eigenvalue weighted by atomic mass is 9.95. The first kappa shape index (κ1) is 31.5. The van der Waals surface area contributed by atoms with Crippen LogP contribution in [0.25, 0.3) is 0 Å². The van der Waals surface area contributed by atoms with Crippen LogP contribution in [-0.2, 0) is 32.0 Å². The van der Waals surface area contributed by atoms with E-state index in [4.69, 9.17) is 4.74 Å². The van der Waals surface area contributed by atoms with E-state index in [1.165, 1.54) is 0 Å². The highest BCUT2D eigenvalue weighted by atomic mass is 16.5. The molecule has 2 amide bonds. The monoisotopic (exact) mass is 534 g/mol. The lowest BCUT2D eigenvalue weighted by Crippen LogP contribution is -2.45.